The summed E-state index contributed by atoms with van der Waals surface area (Å²) in [5.41, 5.74) is 2.56. The SMILES string of the molecule is Cc1cc2oc(-c3ccco3)c(OCC(=O)Nc3ccc(Cl)cc3)c(=O)c2cc1C. The maximum absolute atomic E-state index is 13.1. The van der Waals surface area contributed by atoms with Crippen LogP contribution in [-0.4, -0.2) is 12.5 Å². The van der Waals surface area contributed by atoms with Crippen LogP contribution in [0.5, 0.6) is 5.75 Å². The average molecular weight is 424 g/mol. The summed E-state index contributed by atoms with van der Waals surface area (Å²) >= 11 is 5.85. The minimum atomic E-state index is -0.428. The molecule has 0 unspecified atom stereocenters. The van der Waals surface area contributed by atoms with Gasteiger partial charge in [0.15, 0.2) is 12.4 Å². The first kappa shape index (κ1) is 19.8. The van der Waals surface area contributed by atoms with Crippen molar-refractivity contribution in [1.29, 1.82) is 0 Å². The van der Waals surface area contributed by atoms with Crippen molar-refractivity contribution in [1.82, 2.24) is 0 Å². The number of amides is 1. The van der Waals surface area contributed by atoms with Crippen molar-refractivity contribution >= 4 is 34.2 Å². The van der Waals surface area contributed by atoms with E-state index in [2.05, 4.69) is 5.32 Å². The van der Waals surface area contributed by atoms with Crippen LogP contribution in [0.4, 0.5) is 5.69 Å². The maximum atomic E-state index is 13.1. The van der Waals surface area contributed by atoms with Crippen LogP contribution in [0.1, 0.15) is 11.1 Å². The number of carbonyl (C=O) groups excluding carboxylic acids is 1. The summed E-state index contributed by atoms with van der Waals surface area (Å²) in [5, 5.41) is 3.63. The van der Waals surface area contributed by atoms with Gasteiger partial charge in [0.1, 0.15) is 5.58 Å². The lowest BCUT2D eigenvalue weighted by Gasteiger charge is -2.11. The topological polar surface area (TPSA) is 81.7 Å². The molecule has 0 fully saturated rings. The van der Waals surface area contributed by atoms with Gasteiger partial charge in [0.2, 0.25) is 16.9 Å². The zero-order chi connectivity index (χ0) is 21.3. The van der Waals surface area contributed by atoms with E-state index < -0.39 is 5.91 Å². The highest BCUT2D eigenvalue weighted by Crippen LogP contribution is 2.32. The minimum Gasteiger partial charge on any atom is -0.476 e. The first-order valence-corrected chi connectivity index (χ1v) is 9.60. The molecule has 2 heterocycles. The summed E-state index contributed by atoms with van der Waals surface area (Å²) in [7, 11) is 0. The predicted molar refractivity (Wildman–Crippen MR) is 115 cm³/mol. The minimum absolute atomic E-state index is 0.0769. The highest BCUT2D eigenvalue weighted by atomic mass is 35.5. The molecule has 0 saturated heterocycles. The number of furan rings is 1. The molecular weight excluding hydrogens is 406 g/mol. The van der Waals surface area contributed by atoms with Gasteiger partial charge in [-0.2, -0.15) is 0 Å². The number of anilines is 1. The van der Waals surface area contributed by atoms with Gasteiger partial charge in [-0.15, -0.1) is 0 Å². The predicted octanol–water partition coefficient (Wildman–Crippen LogP) is 5.34. The zero-order valence-corrected chi connectivity index (χ0v) is 17.1. The third-order valence-electron chi connectivity index (χ3n) is 4.69. The van der Waals surface area contributed by atoms with Crippen LogP contribution >= 0.6 is 11.6 Å². The highest BCUT2D eigenvalue weighted by Gasteiger charge is 2.21. The third-order valence-corrected chi connectivity index (χ3v) is 4.94. The van der Waals surface area contributed by atoms with E-state index in [1.54, 1.807) is 48.5 Å². The van der Waals surface area contributed by atoms with Crippen LogP contribution in [0.25, 0.3) is 22.5 Å². The van der Waals surface area contributed by atoms with Crippen molar-refractivity contribution in [2.45, 2.75) is 13.8 Å². The van der Waals surface area contributed by atoms with E-state index in [9.17, 15) is 9.59 Å². The second-order valence-corrected chi connectivity index (χ2v) is 7.28. The quantitative estimate of drug-likeness (QED) is 0.468. The number of hydrogen-bond donors (Lipinski definition) is 1. The number of carbonyl (C=O) groups is 1. The molecular formula is C23H18ClNO5. The lowest BCUT2D eigenvalue weighted by atomic mass is 10.1. The van der Waals surface area contributed by atoms with Gasteiger partial charge in [-0.25, -0.2) is 0 Å². The fraction of sp³-hybridized carbons (Fsp3) is 0.130. The van der Waals surface area contributed by atoms with Crippen molar-refractivity contribution in [3.05, 3.63) is 81.2 Å². The smallest absolute Gasteiger partial charge is 0.262 e. The number of hydrogen-bond acceptors (Lipinski definition) is 5. The van der Waals surface area contributed by atoms with Crippen LogP contribution in [0, 0.1) is 13.8 Å². The molecule has 0 aliphatic carbocycles. The Morgan fingerprint density at radius 1 is 1.10 bits per heavy atom. The first-order valence-electron chi connectivity index (χ1n) is 9.22. The number of aryl methyl sites for hydroxylation is 2. The first-order chi connectivity index (χ1) is 14.4. The Morgan fingerprint density at radius 2 is 1.83 bits per heavy atom. The molecule has 0 saturated carbocycles. The number of ether oxygens (including phenoxy) is 1. The highest BCUT2D eigenvalue weighted by molar-refractivity contribution is 6.30. The maximum Gasteiger partial charge on any atom is 0.262 e. The van der Waals surface area contributed by atoms with Crippen molar-refractivity contribution in [3.63, 3.8) is 0 Å². The number of rotatable bonds is 5. The zero-order valence-electron chi connectivity index (χ0n) is 16.3. The molecule has 0 atom stereocenters. The largest absolute Gasteiger partial charge is 0.476 e. The van der Waals surface area contributed by atoms with Crippen LogP contribution in [0.3, 0.4) is 0 Å². The van der Waals surface area contributed by atoms with Gasteiger partial charge < -0.3 is 18.9 Å². The summed E-state index contributed by atoms with van der Waals surface area (Å²) in [6.45, 7) is 3.47. The third kappa shape index (κ3) is 3.95. The van der Waals surface area contributed by atoms with E-state index in [0.717, 1.165) is 11.1 Å². The molecule has 1 N–H and O–H groups in total. The molecule has 7 heteroatoms. The van der Waals surface area contributed by atoms with Gasteiger partial charge in [0, 0.05) is 10.7 Å². The van der Waals surface area contributed by atoms with E-state index in [0.29, 0.717) is 27.4 Å². The van der Waals surface area contributed by atoms with Gasteiger partial charge in [0.05, 0.1) is 11.6 Å². The van der Waals surface area contributed by atoms with Gasteiger partial charge in [-0.05, 0) is 73.5 Å². The Morgan fingerprint density at radius 3 is 2.53 bits per heavy atom. The van der Waals surface area contributed by atoms with Crippen molar-refractivity contribution in [2.75, 3.05) is 11.9 Å². The van der Waals surface area contributed by atoms with E-state index in [-0.39, 0.29) is 23.5 Å². The fourth-order valence-electron chi connectivity index (χ4n) is 3.00. The Kier molecular flexibility index (Phi) is 5.33. The summed E-state index contributed by atoms with van der Waals surface area (Å²) in [5.74, 6) is -0.0327. The van der Waals surface area contributed by atoms with E-state index in [1.807, 2.05) is 13.8 Å². The molecule has 2 aromatic heterocycles. The lowest BCUT2D eigenvalue weighted by Crippen LogP contribution is -2.22. The van der Waals surface area contributed by atoms with Crippen molar-refractivity contribution < 1.29 is 18.4 Å². The van der Waals surface area contributed by atoms with E-state index in [4.69, 9.17) is 25.2 Å². The molecule has 2 aromatic carbocycles. The Labute approximate surface area is 177 Å². The summed E-state index contributed by atoms with van der Waals surface area (Å²) in [6, 6.07) is 13.6. The summed E-state index contributed by atoms with van der Waals surface area (Å²) < 4.78 is 17.0. The number of fused-ring (bicyclic) bond motifs is 1. The normalized spacial score (nSPS) is 10.9. The molecule has 30 heavy (non-hydrogen) atoms. The number of nitrogens with one attached hydrogen (secondary N) is 1. The molecule has 0 radical (unpaired) electrons. The van der Waals surface area contributed by atoms with Gasteiger partial charge in [-0.1, -0.05) is 11.6 Å². The van der Waals surface area contributed by atoms with Crippen LogP contribution in [-0.2, 0) is 4.79 Å². The van der Waals surface area contributed by atoms with E-state index in [1.165, 1.54) is 6.26 Å². The molecule has 0 bridgehead atoms. The van der Waals surface area contributed by atoms with Gasteiger partial charge >= 0.3 is 0 Å². The second kappa shape index (κ2) is 8.08. The van der Waals surface area contributed by atoms with Crippen LogP contribution in [0.2, 0.25) is 5.02 Å². The molecule has 0 spiro atoms. The number of benzene rings is 2. The molecule has 0 aliphatic heterocycles. The Bertz CT molecular complexity index is 1270. The molecule has 152 valence electrons. The molecule has 4 aromatic rings. The molecule has 0 aliphatic rings. The van der Waals surface area contributed by atoms with Crippen molar-refractivity contribution in [3.8, 4) is 17.3 Å². The summed E-state index contributed by atoms with van der Waals surface area (Å²) in [6.07, 6.45) is 1.47. The van der Waals surface area contributed by atoms with Crippen LogP contribution in [0.15, 0.2) is 68.4 Å². The van der Waals surface area contributed by atoms with Gasteiger partial charge in [0.25, 0.3) is 5.91 Å². The van der Waals surface area contributed by atoms with Crippen LogP contribution < -0.4 is 15.5 Å². The fourth-order valence-corrected chi connectivity index (χ4v) is 3.13. The second-order valence-electron chi connectivity index (χ2n) is 6.84. The Hall–Kier alpha value is -3.51. The lowest BCUT2D eigenvalue weighted by molar-refractivity contribution is -0.118. The monoisotopic (exact) mass is 423 g/mol. The molecule has 4 rings (SSSR count). The Balaban J connectivity index is 1.68. The molecule has 1 amide bonds. The molecule has 6 nitrogen and oxygen atoms in total. The standard InChI is InChI=1S/C23H18ClNO5/c1-13-10-17-19(11-14(13)2)30-22(18-4-3-9-28-18)23(21(17)27)29-12-20(26)25-16-7-5-15(24)6-8-16/h3-11H,12H2,1-2H3,(H,25,26). The summed E-state index contributed by atoms with van der Waals surface area (Å²) in [4.78, 5) is 25.5. The van der Waals surface area contributed by atoms with Crippen molar-refractivity contribution in [2.24, 2.45) is 0 Å². The van der Waals surface area contributed by atoms with Gasteiger partial charge in [-0.3, -0.25) is 9.59 Å². The number of halogens is 1. The average Bonchev–Trinajstić information content (AvgIpc) is 3.25. The van der Waals surface area contributed by atoms with E-state index >= 15 is 0 Å².